The molecule has 2 heterocycles. The Labute approximate surface area is 155 Å². The molecule has 0 radical (unpaired) electrons. The van der Waals surface area contributed by atoms with Crippen LogP contribution in [0.4, 0.5) is 0 Å². The molecule has 2 atom stereocenters. The Morgan fingerprint density at radius 1 is 0.760 bits per heavy atom. The van der Waals surface area contributed by atoms with E-state index in [9.17, 15) is 0 Å². The molecule has 0 aromatic carbocycles. The average Bonchev–Trinajstić information content (AvgIpc) is 2.63. The second kappa shape index (κ2) is 11.5. The van der Waals surface area contributed by atoms with Crippen molar-refractivity contribution in [2.75, 3.05) is 39.6 Å². The molecule has 2 fully saturated rings. The summed E-state index contributed by atoms with van der Waals surface area (Å²) in [6.07, 6.45) is 4.41. The minimum absolute atomic E-state index is 0.00781. The van der Waals surface area contributed by atoms with Gasteiger partial charge in [0.15, 0.2) is 0 Å². The molecule has 1 spiro atoms. The van der Waals surface area contributed by atoms with Gasteiger partial charge >= 0.3 is 0 Å². The summed E-state index contributed by atoms with van der Waals surface area (Å²) >= 11 is 0. The third-order valence-corrected chi connectivity index (χ3v) is 7.32. The van der Waals surface area contributed by atoms with Crippen molar-refractivity contribution in [3.8, 4) is 0 Å². The van der Waals surface area contributed by atoms with Crippen molar-refractivity contribution < 1.29 is 27.6 Å². The van der Waals surface area contributed by atoms with Gasteiger partial charge in [0, 0.05) is 13.2 Å². The fourth-order valence-electron chi connectivity index (χ4n) is 2.46. The van der Waals surface area contributed by atoms with Gasteiger partial charge < -0.3 is 27.6 Å². The first kappa shape index (κ1) is 21.9. The van der Waals surface area contributed by atoms with Gasteiger partial charge in [0.05, 0.1) is 31.8 Å². The largest absolute Gasteiger partial charge is 0.369 e. The zero-order valence-corrected chi connectivity index (χ0v) is 17.9. The van der Waals surface area contributed by atoms with Crippen LogP contribution in [0.1, 0.15) is 53.4 Å². The summed E-state index contributed by atoms with van der Waals surface area (Å²) < 4.78 is 35.5. The molecule has 2 aliphatic rings. The molecule has 2 rings (SSSR count). The molecule has 8 heteroatoms. The molecule has 2 unspecified atom stereocenters. The van der Waals surface area contributed by atoms with Gasteiger partial charge in [-0.2, -0.15) is 0 Å². The standard InChI is InChI=1S/C17H34O6P2/c1-5-7-9-18-15(3)24-20-11-17(12-21-24)13-22-25(23-14-17)16(4)19-10-8-6-2/h15-16H,5-14H2,1-4H3. The van der Waals surface area contributed by atoms with Crippen molar-refractivity contribution in [3.63, 3.8) is 0 Å². The summed E-state index contributed by atoms with van der Waals surface area (Å²) in [4.78, 5) is 0. The molecular formula is C17H34O6P2. The van der Waals surface area contributed by atoms with Crippen LogP contribution in [-0.4, -0.2) is 51.3 Å². The van der Waals surface area contributed by atoms with Gasteiger partial charge in [0.2, 0.25) is 16.8 Å². The van der Waals surface area contributed by atoms with Crippen molar-refractivity contribution in [3.05, 3.63) is 0 Å². The molecular weight excluding hydrogens is 362 g/mol. The van der Waals surface area contributed by atoms with E-state index in [0.29, 0.717) is 26.4 Å². The second-order valence-electron chi connectivity index (χ2n) is 6.81. The molecule has 0 aromatic heterocycles. The molecule has 0 aliphatic carbocycles. The van der Waals surface area contributed by atoms with Crippen molar-refractivity contribution in [1.29, 1.82) is 0 Å². The van der Waals surface area contributed by atoms with Gasteiger partial charge in [-0.15, -0.1) is 0 Å². The number of unbranched alkanes of at least 4 members (excludes halogenated alkanes) is 2. The highest BCUT2D eigenvalue weighted by Crippen LogP contribution is 2.55. The Balaban J connectivity index is 1.68. The van der Waals surface area contributed by atoms with Gasteiger partial charge in [0.1, 0.15) is 11.7 Å². The molecule has 0 amide bonds. The molecule has 2 aliphatic heterocycles. The number of hydrogen-bond acceptors (Lipinski definition) is 6. The van der Waals surface area contributed by atoms with E-state index in [0.717, 1.165) is 38.9 Å². The third kappa shape index (κ3) is 6.93. The zero-order chi connectivity index (χ0) is 18.1. The van der Waals surface area contributed by atoms with Crippen LogP contribution < -0.4 is 0 Å². The Morgan fingerprint density at radius 2 is 1.12 bits per heavy atom. The number of hydrogen-bond donors (Lipinski definition) is 0. The van der Waals surface area contributed by atoms with Crippen LogP contribution in [0.2, 0.25) is 0 Å². The number of rotatable bonds is 10. The highest BCUT2D eigenvalue weighted by atomic mass is 31.2. The van der Waals surface area contributed by atoms with Crippen LogP contribution in [0, 0.1) is 5.41 Å². The Morgan fingerprint density at radius 3 is 1.44 bits per heavy atom. The van der Waals surface area contributed by atoms with Crippen LogP contribution in [0.15, 0.2) is 0 Å². The summed E-state index contributed by atoms with van der Waals surface area (Å²) in [6, 6.07) is 0. The summed E-state index contributed by atoms with van der Waals surface area (Å²) in [5, 5.41) is 0. The van der Waals surface area contributed by atoms with E-state index in [1.54, 1.807) is 0 Å². The van der Waals surface area contributed by atoms with E-state index in [2.05, 4.69) is 13.8 Å². The third-order valence-electron chi connectivity index (χ3n) is 4.30. The molecule has 0 bridgehead atoms. The smallest absolute Gasteiger partial charge is 0.201 e. The topological polar surface area (TPSA) is 55.4 Å². The molecule has 0 aromatic rings. The SMILES string of the molecule is CCCCOC(C)P1OCC2(CO1)COP(C(C)OCCCC)OC2. The van der Waals surface area contributed by atoms with Crippen LogP contribution >= 0.6 is 16.8 Å². The molecule has 25 heavy (non-hydrogen) atoms. The van der Waals surface area contributed by atoms with Crippen molar-refractivity contribution >= 4 is 16.8 Å². The highest BCUT2D eigenvalue weighted by Gasteiger charge is 2.45. The molecule has 0 N–H and O–H groups in total. The van der Waals surface area contributed by atoms with E-state index in [4.69, 9.17) is 27.6 Å². The lowest BCUT2D eigenvalue weighted by Crippen LogP contribution is -2.45. The summed E-state index contributed by atoms with van der Waals surface area (Å²) in [5.74, 6) is 0.0156. The normalized spacial score (nSPS) is 32.6. The maximum atomic E-state index is 5.97. The van der Waals surface area contributed by atoms with Gasteiger partial charge in [0.25, 0.3) is 0 Å². The van der Waals surface area contributed by atoms with E-state index >= 15 is 0 Å². The molecule has 148 valence electrons. The Kier molecular flexibility index (Phi) is 10.0. The first-order valence-electron chi connectivity index (χ1n) is 9.43. The Bertz CT molecular complexity index is 320. The highest BCUT2D eigenvalue weighted by molar-refractivity contribution is 7.48. The first-order chi connectivity index (χ1) is 12.1. The van der Waals surface area contributed by atoms with Gasteiger partial charge in [-0.3, -0.25) is 0 Å². The lowest BCUT2D eigenvalue weighted by molar-refractivity contribution is -0.0658. The maximum absolute atomic E-state index is 5.97. The van der Waals surface area contributed by atoms with Crippen molar-refractivity contribution in [2.45, 2.75) is 65.1 Å². The van der Waals surface area contributed by atoms with Crippen molar-refractivity contribution in [2.24, 2.45) is 5.41 Å². The van der Waals surface area contributed by atoms with Crippen LogP contribution in [0.5, 0.6) is 0 Å². The maximum Gasteiger partial charge on any atom is 0.201 e. The quantitative estimate of drug-likeness (QED) is 0.382. The van der Waals surface area contributed by atoms with Gasteiger partial charge in [-0.1, -0.05) is 26.7 Å². The summed E-state index contributed by atoms with van der Waals surface area (Å²) in [6.45, 7) is 12.3. The minimum atomic E-state index is -0.987. The van der Waals surface area contributed by atoms with Crippen LogP contribution in [0.25, 0.3) is 0 Å². The predicted molar refractivity (Wildman–Crippen MR) is 101 cm³/mol. The van der Waals surface area contributed by atoms with Gasteiger partial charge in [-0.25, -0.2) is 0 Å². The lowest BCUT2D eigenvalue weighted by Gasteiger charge is -2.44. The molecule has 2 saturated heterocycles. The van der Waals surface area contributed by atoms with E-state index in [-0.39, 0.29) is 17.1 Å². The molecule has 6 nitrogen and oxygen atoms in total. The second-order valence-corrected chi connectivity index (χ2v) is 10.4. The van der Waals surface area contributed by atoms with Crippen molar-refractivity contribution in [1.82, 2.24) is 0 Å². The monoisotopic (exact) mass is 396 g/mol. The summed E-state index contributed by atoms with van der Waals surface area (Å²) in [5.41, 5.74) is -0.191. The van der Waals surface area contributed by atoms with E-state index in [1.807, 2.05) is 13.8 Å². The number of ether oxygens (including phenoxy) is 2. The van der Waals surface area contributed by atoms with Crippen LogP contribution in [-0.2, 0) is 27.6 Å². The zero-order valence-electron chi connectivity index (χ0n) is 16.1. The van der Waals surface area contributed by atoms with Crippen LogP contribution in [0.3, 0.4) is 0 Å². The molecule has 0 saturated carbocycles. The Hall–Kier alpha value is 0.620. The van der Waals surface area contributed by atoms with E-state index < -0.39 is 16.8 Å². The predicted octanol–water partition coefficient (Wildman–Crippen LogP) is 5.02. The first-order valence-corrected chi connectivity index (χ1v) is 11.9. The van der Waals surface area contributed by atoms with E-state index in [1.165, 1.54) is 0 Å². The fourth-order valence-corrected chi connectivity index (χ4v) is 5.51. The minimum Gasteiger partial charge on any atom is -0.369 e. The average molecular weight is 396 g/mol. The summed E-state index contributed by atoms with van der Waals surface area (Å²) in [7, 11) is -1.97. The lowest BCUT2D eigenvalue weighted by atomic mass is 9.93. The van der Waals surface area contributed by atoms with Gasteiger partial charge in [-0.05, 0) is 26.7 Å². The fraction of sp³-hybridized carbons (Fsp3) is 1.00.